The second kappa shape index (κ2) is 6.98. The maximum absolute atomic E-state index is 12.9. The zero-order valence-electron chi connectivity index (χ0n) is 16.0. The molecule has 6 nitrogen and oxygen atoms in total. The normalized spacial score (nSPS) is 16.5. The quantitative estimate of drug-likeness (QED) is 0.665. The molecule has 1 atom stereocenters. The smallest absolute Gasteiger partial charge is 0.281 e. The van der Waals surface area contributed by atoms with E-state index < -0.39 is 0 Å². The molecule has 0 radical (unpaired) electrons. The number of nitrogen functional groups attached to an aromatic ring is 1. The fourth-order valence-electron chi connectivity index (χ4n) is 3.80. The summed E-state index contributed by atoms with van der Waals surface area (Å²) in [6.45, 7) is 9.53. The van der Waals surface area contributed by atoms with E-state index in [0.29, 0.717) is 11.2 Å². The van der Waals surface area contributed by atoms with E-state index in [-0.39, 0.29) is 12.2 Å². The van der Waals surface area contributed by atoms with Gasteiger partial charge in [-0.25, -0.2) is 9.66 Å². The molecule has 0 bridgehead atoms. The van der Waals surface area contributed by atoms with Crippen LogP contribution in [0.1, 0.15) is 34.3 Å². The highest BCUT2D eigenvalue weighted by Crippen LogP contribution is 2.29. The molecular formula is C20H25N4O2S+. The number of fused-ring (bicyclic) bond motifs is 3. The van der Waals surface area contributed by atoms with Gasteiger partial charge in [0.15, 0.2) is 5.82 Å². The Balaban J connectivity index is 1.68. The highest BCUT2D eigenvalue weighted by atomic mass is 32.1. The number of aromatic nitrogens is 2. The van der Waals surface area contributed by atoms with Crippen LogP contribution in [0.4, 0.5) is 0 Å². The van der Waals surface area contributed by atoms with Gasteiger partial charge < -0.3 is 15.5 Å². The molecule has 27 heavy (non-hydrogen) atoms. The largest absolute Gasteiger partial charge is 0.486 e. The summed E-state index contributed by atoms with van der Waals surface area (Å²) in [6.07, 6.45) is 0.911. The molecule has 0 spiro atoms. The van der Waals surface area contributed by atoms with E-state index in [2.05, 4.69) is 18.0 Å². The second-order valence-corrected chi connectivity index (χ2v) is 8.36. The molecule has 1 aromatic carbocycles. The molecule has 2 aromatic heterocycles. The van der Waals surface area contributed by atoms with Crippen LogP contribution in [0.15, 0.2) is 23.0 Å². The molecule has 7 heteroatoms. The number of nitrogens with one attached hydrogen (secondary N) is 1. The summed E-state index contributed by atoms with van der Waals surface area (Å²) < 4.78 is 7.02. The first-order chi connectivity index (χ1) is 13.0. The van der Waals surface area contributed by atoms with Crippen LogP contribution in [0.25, 0.3) is 10.2 Å². The van der Waals surface area contributed by atoms with E-state index in [4.69, 9.17) is 10.6 Å². The Hall–Kier alpha value is -2.38. The van der Waals surface area contributed by atoms with E-state index in [1.54, 1.807) is 16.2 Å². The van der Waals surface area contributed by atoms with Crippen molar-refractivity contribution < 1.29 is 9.64 Å². The van der Waals surface area contributed by atoms with Gasteiger partial charge in [0, 0.05) is 6.42 Å². The summed E-state index contributed by atoms with van der Waals surface area (Å²) >= 11 is 1.63. The summed E-state index contributed by atoms with van der Waals surface area (Å²) in [5, 5.41) is 0.697. The number of rotatable bonds is 4. The molecule has 1 aliphatic rings. The fourth-order valence-corrected chi connectivity index (χ4v) is 5.10. The second-order valence-electron chi connectivity index (χ2n) is 7.28. The standard InChI is InChI=1S/C20H24N4O2S/c1-4-23-6-5-15-16(10-23)27-19-18(15)20(25)24(21)17(22-19)11-26-14-8-12(2)7-13(3)9-14/h7-9H,4-6,10-11,21H2,1-3H3/p+1. The summed E-state index contributed by atoms with van der Waals surface area (Å²) in [5.74, 6) is 7.29. The Morgan fingerprint density at radius 2 is 2.04 bits per heavy atom. The third-order valence-electron chi connectivity index (χ3n) is 5.22. The number of benzene rings is 1. The number of likely N-dealkylation sites (N-methyl/N-ethyl adjacent to an activating group) is 1. The first-order valence-electron chi connectivity index (χ1n) is 9.32. The predicted molar refractivity (Wildman–Crippen MR) is 108 cm³/mol. The van der Waals surface area contributed by atoms with Crippen molar-refractivity contribution in [2.75, 3.05) is 18.9 Å². The first kappa shape index (κ1) is 18.0. The third-order valence-corrected chi connectivity index (χ3v) is 6.34. The van der Waals surface area contributed by atoms with E-state index in [1.807, 2.05) is 26.0 Å². The van der Waals surface area contributed by atoms with Gasteiger partial charge in [0.25, 0.3) is 5.56 Å². The van der Waals surface area contributed by atoms with Gasteiger partial charge in [-0.05, 0) is 49.6 Å². The molecule has 0 saturated carbocycles. The molecule has 3 N–H and O–H groups in total. The Bertz CT molecular complexity index is 1050. The number of ether oxygens (including phenoxy) is 1. The Morgan fingerprint density at radius 3 is 2.74 bits per heavy atom. The van der Waals surface area contributed by atoms with Gasteiger partial charge in [0.2, 0.25) is 0 Å². The van der Waals surface area contributed by atoms with E-state index >= 15 is 0 Å². The summed E-state index contributed by atoms with van der Waals surface area (Å²) in [4.78, 5) is 21.2. The highest BCUT2D eigenvalue weighted by Gasteiger charge is 2.26. The minimum Gasteiger partial charge on any atom is -0.486 e. The first-order valence-corrected chi connectivity index (χ1v) is 10.1. The van der Waals surface area contributed by atoms with Crippen molar-refractivity contribution in [3.63, 3.8) is 0 Å². The van der Waals surface area contributed by atoms with E-state index in [0.717, 1.165) is 58.0 Å². The van der Waals surface area contributed by atoms with Crippen molar-refractivity contribution in [3.8, 4) is 5.75 Å². The number of nitrogens with two attached hydrogens (primary N) is 1. The molecule has 142 valence electrons. The lowest BCUT2D eigenvalue weighted by Gasteiger charge is -2.22. The zero-order chi connectivity index (χ0) is 19.1. The van der Waals surface area contributed by atoms with Gasteiger partial charge in [-0.15, -0.1) is 11.3 Å². The maximum Gasteiger partial charge on any atom is 0.281 e. The molecular weight excluding hydrogens is 360 g/mol. The fraction of sp³-hybridized carbons (Fsp3) is 0.400. The molecule has 1 aliphatic heterocycles. The molecule has 3 aromatic rings. The summed E-state index contributed by atoms with van der Waals surface area (Å²) in [7, 11) is 0. The number of hydrogen-bond donors (Lipinski definition) is 2. The predicted octanol–water partition coefficient (Wildman–Crippen LogP) is 1.33. The van der Waals surface area contributed by atoms with Crippen LogP contribution in [0.5, 0.6) is 5.75 Å². The van der Waals surface area contributed by atoms with Gasteiger partial charge in [-0.1, -0.05) is 6.07 Å². The number of hydrogen-bond acceptors (Lipinski definition) is 5. The number of nitrogens with zero attached hydrogens (tertiary/aromatic N) is 2. The van der Waals surface area contributed by atoms with Gasteiger partial charge in [0.1, 0.15) is 23.7 Å². The average Bonchev–Trinajstić information content (AvgIpc) is 3.00. The molecule has 1 unspecified atom stereocenters. The molecule has 0 saturated heterocycles. The van der Waals surface area contributed by atoms with Crippen LogP contribution in [0, 0.1) is 13.8 Å². The number of thiophene rings is 1. The molecule has 4 rings (SSSR count). The third kappa shape index (κ3) is 3.33. The molecule has 3 heterocycles. The van der Waals surface area contributed by atoms with Gasteiger partial charge in [0.05, 0.1) is 23.4 Å². The van der Waals surface area contributed by atoms with E-state index in [1.165, 1.54) is 4.88 Å². The van der Waals surface area contributed by atoms with Gasteiger partial charge in [-0.2, -0.15) is 0 Å². The Labute approximate surface area is 162 Å². The van der Waals surface area contributed by atoms with E-state index in [9.17, 15) is 4.79 Å². The van der Waals surface area contributed by atoms with Gasteiger partial charge in [-0.3, -0.25) is 4.79 Å². The van der Waals surface area contributed by atoms with Crippen LogP contribution in [0.2, 0.25) is 0 Å². The van der Waals surface area contributed by atoms with Crippen LogP contribution >= 0.6 is 11.3 Å². The van der Waals surface area contributed by atoms with Crippen LogP contribution in [-0.4, -0.2) is 22.7 Å². The Kier molecular flexibility index (Phi) is 4.65. The lowest BCUT2D eigenvalue weighted by Crippen LogP contribution is -3.11. The lowest BCUT2D eigenvalue weighted by atomic mass is 10.1. The topological polar surface area (TPSA) is 74.6 Å². The minimum atomic E-state index is -0.170. The number of quaternary nitrogens is 1. The summed E-state index contributed by atoms with van der Waals surface area (Å²) in [6, 6.07) is 6.03. The van der Waals surface area contributed by atoms with Crippen molar-refractivity contribution in [1.82, 2.24) is 9.66 Å². The maximum atomic E-state index is 12.9. The van der Waals surface area contributed by atoms with Crippen molar-refractivity contribution in [3.05, 3.63) is 55.9 Å². The Morgan fingerprint density at radius 1 is 1.30 bits per heavy atom. The molecule has 0 aliphatic carbocycles. The minimum absolute atomic E-state index is 0.166. The molecule has 0 fully saturated rings. The highest BCUT2D eigenvalue weighted by molar-refractivity contribution is 7.18. The monoisotopic (exact) mass is 385 g/mol. The van der Waals surface area contributed by atoms with Crippen molar-refractivity contribution >= 4 is 21.6 Å². The van der Waals surface area contributed by atoms with Crippen molar-refractivity contribution in [2.45, 2.75) is 40.3 Å². The van der Waals surface area contributed by atoms with Crippen LogP contribution in [0.3, 0.4) is 0 Å². The number of aryl methyl sites for hydroxylation is 2. The van der Waals surface area contributed by atoms with Crippen molar-refractivity contribution in [2.24, 2.45) is 0 Å². The average molecular weight is 386 g/mol. The van der Waals surface area contributed by atoms with Gasteiger partial charge >= 0.3 is 0 Å². The van der Waals surface area contributed by atoms with Crippen LogP contribution < -0.4 is 21.0 Å². The lowest BCUT2D eigenvalue weighted by molar-refractivity contribution is -0.913. The van der Waals surface area contributed by atoms with Crippen LogP contribution in [-0.2, 0) is 19.6 Å². The summed E-state index contributed by atoms with van der Waals surface area (Å²) in [5.41, 5.74) is 3.24. The zero-order valence-corrected chi connectivity index (χ0v) is 16.8. The SMILES string of the molecule is CC[NH+]1CCc2c(sc3nc(COc4cc(C)cc(C)c4)n(N)c(=O)c23)C1. The van der Waals surface area contributed by atoms with Crippen molar-refractivity contribution in [1.29, 1.82) is 0 Å². The molecule has 0 amide bonds.